The van der Waals surface area contributed by atoms with Gasteiger partial charge in [0.2, 0.25) is 10.0 Å². The second-order valence-corrected chi connectivity index (χ2v) is 11.8. The monoisotopic (exact) mass is 624 g/mol. The quantitative estimate of drug-likeness (QED) is 0.163. The summed E-state index contributed by atoms with van der Waals surface area (Å²) in [4.78, 5) is 24.7. The molecule has 12 heteroatoms. The van der Waals surface area contributed by atoms with Crippen LogP contribution in [-0.4, -0.2) is 39.3 Å². The fraction of sp³-hybridized carbons (Fsp3) is 0.100. The van der Waals surface area contributed by atoms with E-state index < -0.39 is 15.9 Å². The van der Waals surface area contributed by atoms with Crippen LogP contribution in [0.5, 0.6) is 5.75 Å². The summed E-state index contributed by atoms with van der Waals surface area (Å²) in [5.74, 6) is -0.320. The lowest BCUT2D eigenvalue weighted by Gasteiger charge is -2.23. The van der Waals surface area contributed by atoms with Gasteiger partial charge in [-0.2, -0.15) is 5.10 Å². The third-order valence-electron chi connectivity index (χ3n) is 5.83. The molecule has 0 atom stereocenters. The number of rotatable bonds is 11. The number of carbonyl (C=O) groups excluding carboxylic acids is 2. The van der Waals surface area contributed by atoms with Crippen LogP contribution in [0, 0.1) is 0 Å². The van der Waals surface area contributed by atoms with E-state index in [1.54, 1.807) is 84.9 Å². The number of nitrogens with zero attached hydrogens (tertiary/aromatic N) is 2. The predicted molar refractivity (Wildman–Crippen MR) is 166 cm³/mol. The molecule has 0 aromatic heterocycles. The first-order chi connectivity index (χ1) is 20.1. The highest BCUT2D eigenvalue weighted by Crippen LogP contribution is 2.24. The van der Waals surface area contributed by atoms with Crippen molar-refractivity contribution in [3.63, 3.8) is 0 Å². The Labute approximate surface area is 253 Å². The van der Waals surface area contributed by atoms with Gasteiger partial charge in [0, 0.05) is 21.3 Å². The molecule has 0 saturated carbocycles. The van der Waals surface area contributed by atoms with E-state index in [2.05, 4.69) is 15.8 Å². The fourth-order valence-electron chi connectivity index (χ4n) is 3.75. The summed E-state index contributed by atoms with van der Waals surface area (Å²) in [6.45, 7) is -0.134. The summed E-state index contributed by atoms with van der Waals surface area (Å²) in [6, 6.07) is 26.7. The topological polar surface area (TPSA) is 117 Å². The van der Waals surface area contributed by atoms with Gasteiger partial charge in [0.15, 0.2) is 6.61 Å². The lowest BCUT2D eigenvalue weighted by Crippen LogP contribution is -2.29. The Morgan fingerprint density at radius 2 is 1.64 bits per heavy atom. The molecule has 0 aliphatic rings. The standard InChI is InChI=1S/C30H26Cl2N4O5S/c1-42(39,40)36(19-23-5-2-3-8-28(23)32)26-13-11-22(12-14-26)30(38)35-33-18-21-9-15-27(16-10-21)41-20-29(37)34-25-7-4-6-24(31)17-25/h2-18H,19-20H2,1H3,(H,34,37)(H,35,38)/b33-18+. The molecule has 4 rings (SSSR count). The van der Waals surface area contributed by atoms with Crippen molar-refractivity contribution in [1.29, 1.82) is 0 Å². The molecular weight excluding hydrogens is 599 g/mol. The SMILES string of the molecule is CS(=O)(=O)N(Cc1ccccc1Cl)c1ccc(C(=O)N/N=C/c2ccc(OCC(=O)Nc3cccc(Cl)c3)cc2)cc1. The normalized spacial score (nSPS) is 11.2. The van der Waals surface area contributed by atoms with Crippen molar-refractivity contribution in [2.45, 2.75) is 6.54 Å². The number of sulfonamides is 1. The number of hydrogen-bond donors (Lipinski definition) is 2. The summed E-state index contributed by atoms with van der Waals surface area (Å²) >= 11 is 12.1. The van der Waals surface area contributed by atoms with Crippen LogP contribution in [0.2, 0.25) is 10.0 Å². The second kappa shape index (κ2) is 14.0. The average Bonchev–Trinajstić information content (AvgIpc) is 2.96. The maximum absolute atomic E-state index is 12.6. The van der Waals surface area contributed by atoms with E-state index in [0.717, 1.165) is 6.26 Å². The molecule has 216 valence electrons. The molecule has 4 aromatic rings. The second-order valence-electron chi connectivity index (χ2n) is 9.02. The molecule has 0 spiro atoms. The van der Waals surface area contributed by atoms with Crippen LogP contribution in [0.3, 0.4) is 0 Å². The van der Waals surface area contributed by atoms with E-state index in [1.165, 1.54) is 22.7 Å². The van der Waals surface area contributed by atoms with Gasteiger partial charge in [0.25, 0.3) is 11.8 Å². The first-order valence-electron chi connectivity index (χ1n) is 12.5. The molecule has 0 saturated heterocycles. The number of halogens is 2. The average molecular weight is 626 g/mol. The first-order valence-corrected chi connectivity index (χ1v) is 15.1. The van der Waals surface area contributed by atoms with Crippen molar-refractivity contribution in [3.8, 4) is 5.75 Å². The van der Waals surface area contributed by atoms with Crippen LogP contribution in [0.25, 0.3) is 0 Å². The highest BCUT2D eigenvalue weighted by molar-refractivity contribution is 7.92. The van der Waals surface area contributed by atoms with Crippen molar-refractivity contribution in [2.24, 2.45) is 5.10 Å². The van der Waals surface area contributed by atoms with Crippen LogP contribution in [0.1, 0.15) is 21.5 Å². The van der Waals surface area contributed by atoms with Crippen LogP contribution < -0.4 is 19.8 Å². The highest BCUT2D eigenvalue weighted by atomic mass is 35.5. The molecule has 0 radical (unpaired) electrons. The van der Waals surface area contributed by atoms with E-state index in [0.29, 0.717) is 43.9 Å². The Bertz CT molecular complexity index is 1700. The number of hydrogen-bond acceptors (Lipinski definition) is 6. The van der Waals surface area contributed by atoms with Gasteiger partial charge in [0.05, 0.1) is 24.7 Å². The number of nitrogens with one attached hydrogen (secondary N) is 2. The maximum atomic E-state index is 12.6. The molecule has 0 bridgehead atoms. The molecule has 0 heterocycles. The summed E-state index contributed by atoms with van der Waals surface area (Å²) < 4.78 is 31.6. The first kappa shape index (κ1) is 30.6. The molecule has 0 fully saturated rings. The van der Waals surface area contributed by atoms with Gasteiger partial charge in [0.1, 0.15) is 5.75 Å². The van der Waals surface area contributed by atoms with Gasteiger partial charge in [-0.25, -0.2) is 13.8 Å². The minimum atomic E-state index is -3.62. The van der Waals surface area contributed by atoms with Gasteiger partial charge in [-0.3, -0.25) is 13.9 Å². The molecule has 2 amide bonds. The molecule has 4 aromatic carbocycles. The zero-order valence-electron chi connectivity index (χ0n) is 22.3. The van der Waals surface area contributed by atoms with E-state index in [9.17, 15) is 18.0 Å². The van der Waals surface area contributed by atoms with Gasteiger partial charge in [-0.15, -0.1) is 0 Å². The van der Waals surface area contributed by atoms with Crippen molar-refractivity contribution >= 4 is 62.6 Å². The zero-order chi connectivity index (χ0) is 30.1. The predicted octanol–water partition coefficient (Wildman–Crippen LogP) is 5.74. The summed E-state index contributed by atoms with van der Waals surface area (Å²) in [7, 11) is -3.62. The molecule has 0 unspecified atom stereocenters. The fourth-order valence-corrected chi connectivity index (χ4v) is 5.02. The Balaban J connectivity index is 1.29. The molecule has 0 aliphatic heterocycles. The van der Waals surface area contributed by atoms with Crippen molar-refractivity contribution in [1.82, 2.24) is 5.43 Å². The largest absolute Gasteiger partial charge is 0.484 e. The van der Waals surface area contributed by atoms with Crippen LogP contribution in [-0.2, 0) is 21.4 Å². The van der Waals surface area contributed by atoms with Crippen molar-refractivity contribution < 1.29 is 22.7 Å². The van der Waals surface area contributed by atoms with Gasteiger partial charge >= 0.3 is 0 Å². The summed E-state index contributed by atoms with van der Waals surface area (Å²) in [5.41, 5.74) is 5.04. The minimum Gasteiger partial charge on any atom is -0.484 e. The summed E-state index contributed by atoms with van der Waals surface area (Å²) in [5, 5.41) is 7.65. The van der Waals surface area contributed by atoms with E-state index in [-0.39, 0.29) is 19.1 Å². The summed E-state index contributed by atoms with van der Waals surface area (Å²) in [6.07, 6.45) is 2.56. The number of carbonyl (C=O) groups is 2. The number of benzene rings is 4. The Kier molecular flexibility index (Phi) is 10.2. The van der Waals surface area contributed by atoms with Gasteiger partial charge in [-0.05, 0) is 83.9 Å². The lowest BCUT2D eigenvalue weighted by atomic mass is 10.2. The van der Waals surface area contributed by atoms with E-state index in [1.807, 2.05) is 0 Å². The third-order valence-corrected chi connectivity index (χ3v) is 7.57. The smallest absolute Gasteiger partial charge is 0.271 e. The molecule has 2 N–H and O–H groups in total. The Morgan fingerprint density at radius 3 is 2.31 bits per heavy atom. The Hall–Kier alpha value is -4.38. The van der Waals surface area contributed by atoms with Gasteiger partial charge in [-0.1, -0.05) is 47.5 Å². The van der Waals surface area contributed by atoms with Crippen LogP contribution >= 0.6 is 23.2 Å². The van der Waals surface area contributed by atoms with Crippen LogP contribution in [0.15, 0.2) is 102 Å². The van der Waals surface area contributed by atoms with E-state index >= 15 is 0 Å². The number of anilines is 2. The maximum Gasteiger partial charge on any atom is 0.271 e. The molecule has 0 aliphatic carbocycles. The molecular formula is C30H26Cl2N4O5S. The van der Waals surface area contributed by atoms with Crippen molar-refractivity contribution in [2.75, 3.05) is 22.5 Å². The number of hydrazone groups is 1. The number of amides is 2. The third kappa shape index (κ3) is 8.81. The number of ether oxygens (including phenoxy) is 1. The molecule has 42 heavy (non-hydrogen) atoms. The lowest BCUT2D eigenvalue weighted by molar-refractivity contribution is -0.118. The van der Waals surface area contributed by atoms with E-state index in [4.69, 9.17) is 27.9 Å². The molecule has 9 nitrogen and oxygen atoms in total. The van der Waals surface area contributed by atoms with Crippen LogP contribution in [0.4, 0.5) is 11.4 Å². The van der Waals surface area contributed by atoms with Crippen molar-refractivity contribution in [3.05, 3.63) is 124 Å². The Morgan fingerprint density at radius 1 is 0.929 bits per heavy atom. The zero-order valence-corrected chi connectivity index (χ0v) is 24.7. The van der Waals surface area contributed by atoms with Gasteiger partial charge < -0.3 is 10.1 Å². The highest BCUT2D eigenvalue weighted by Gasteiger charge is 2.19. The minimum absolute atomic E-state index is 0.0500.